The van der Waals surface area contributed by atoms with Crippen molar-refractivity contribution in [3.63, 3.8) is 0 Å². The van der Waals surface area contributed by atoms with E-state index in [9.17, 15) is 14.7 Å². The molecule has 6 rings (SSSR count). The van der Waals surface area contributed by atoms with Crippen LogP contribution < -0.4 is 19.1 Å². The smallest absolute Gasteiger partial charge is 0.301 e. The van der Waals surface area contributed by atoms with Crippen molar-refractivity contribution in [3.8, 4) is 17.2 Å². The van der Waals surface area contributed by atoms with E-state index in [1.807, 2.05) is 36.4 Å². The third-order valence-electron chi connectivity index (χ3n) is 6.31. The van der Waals surface area contributed by atoms with Crippen molar-refractivity contribution in [3.05, 3.63) is 107 Å². The van der Waals surface area contributed by atoms with Crippen molar-refractivity contribution in [1.82, 2.24) is 4.98 Å². The number of benzene rings is 3. The van der Waals surface area contributed by atoms with Gasteiger partial charge >= 0.3 is 5.91 Å². The number of thiazole rings is 1. The summed E-state index contributed by atoms with van der Waals surface area (Å²) in [6, 6.07) is 20.9. The Kier molecular flexibility index (Phi) is 6.27. The molecule has 1 amide bonds. The average Bonchev–Trinajstić information content (AvgIpc) is 3.58. The highest BCUT2D eigenvalue weighted by Crippen LogP contribution is 2.44. The van der Waals surface area contributed by atoms with Crippen LogP contribution in [0.25, 0.3) is 5.76 Å². The van der Waals surface area contributed by atoms with Gasteiger partial charge in [-0.3, -0.25) is 14.5 Å². The fourth-order valence-corrected chi connectivity index (χ4v) is 5.21. The van der Waals surface area contributed by atoms with Gasteiger partial charge in [0.25, 0.3) is 5.78 Å². The number of aromatic nitrogens is 1. The van der Waals surface area contributed by atoms with Crippen LogP contribution >= 0.6 is 11.3 Å². The van der Waals surface area contributed by atoms with E-state index in [0.717, 1.165) is 5.56 Å². The van der Waals surface area contributed by atoms with Crippen LogP contribution in [0.1, 0.15) is 22.7 Å². The maximum Gasteiger partial charge on any atom is 0.301 e. The van der Waals surface area contributed by atoms with Crippen molar-refractivity contribution in [1.29, 1.82) is 0 Å². The topological polar surface area (TPSA) is 98.2 Å². The molecular formula is C29H22N2O6S. The highest BCUT2D eigenvalue weighted by atomic mass is 32.1. The molecule has 2 aliphatic rings. The van der Waals surface area contributed by atoms with Crippen LogP contribution in [0.3, 0.4) is 0 Å². The first-order chi connectivity index (χ1) is 18.6. The maximum atomic E-state index is 13.4. The fourth-order valence-electron chi connectivity index (χ4n) is 4.54. The number of carbonyl (C=O) groups excluding carboxylic acids is 2. The molecule has 3 aromatic carbocycles. The Balaban J connectivity index is 1.43. The number of aliphatic hydroxyl groups excluding tert-OH is 1. The van der Waals surface area contributed by atoms with E-state index in [1.54, 1.807) is 48.0 Å². The molecule has 4 aromatic rings. The summed E-state index contributed by atoms with van der Waals surface area (Å²) in [6.45, 7) is 1.16. The van der Waals surface area contributed by atoms with E-state index in [0.29, 0.717) is 53.3 Å². The predicted octanol–water partition coefficient (Wildman–Crippen LogP) is 5.12. The zero-order valence-corrected chi connectivity index (χ0v) is 20.9. The Bertz CT molecular complexity index is 1530. The van der Waals surface area contributed by atoms with Gasteiger partial charge in [-0.05, 0) is 41.5 Å². The zero-order valence-electron chi connectivity index (χ0n) is 20.1. The number of nitrogens with zero attached hydrogens (tertiary/aromatic N) is 2. The minimum atomic E-state index is -0.908. The molecule has 1 aromatic heterocycles. The second-order valence-corrected chi connectivity index (χ2v) is 9.56. The number of fused-ring (bicyclic) bond motifs is 1. The van der Waals surface area contributed by atoms with Crippen LogP contribution in [0.5, 0.6) is 17.2 Å². The first-order valence-corrected chi connectivity index (χ1v) is 12.9. The van der Waals surface area contributed by atoms with Crippen molar-refractivity contribution >= 4 is 33.9 Å². The van der Waals surface area contributed by atoms with Gasteiger partial charge in [0.15, 0.2) is 16.6 Å². The van der Waals surface area contributed by atoms with Gasteiger partial charge in [0.2, 0.25) is 0 Å². The SMILES string of the molecule is O=C1C(=O)N(c2nccs2)C(c2cccc(OCc3ccccc3)c2)/C1=C(\O)c1ccc2c(c1)OCCO2. The van der Waals surface area contributed by atoms with E-state index in [-0.39, 0.29) is 11.3 Å². The molecular weight excluding hydrogens is 504 g/mol. The van der Waals surface area contributed by atoms with Crippen LogP contribution in [0, 0.1) is 0 Å². The standard InChI is InChI=1S/C29H22N2O6S/c32-26(20-9-10-22-23(16-20)36-13-12-35-22)24-25(31(28(34)27(24)33)29-30-11-14-38-29)19-7-4-8-21(15-19)37-17-18-5-2-1-3-6-18/h1-11,14-16,25,32H,12-13,17H2/b26-24+. The quantitative estimate of drug-likeness (QED) is 0.212. The van der Waals surface area contributed by atoms with Crippen molar-refractivity contribution in [2.45, 2.75) is 12.6 Å². The van der Waals surface area contributed by atoms with E-state index >= 15 is 0 Å². The zero-order chi connectivity index (χ0) is 26.1. The highest BCUT2D eigenvalue weighted by Gasteiger charge is 2.48. The monoisotopic (exact) mass is 526 g/mol. The Hall–Kier alpha value is -4.63. The number of amides is 1. The van der Waals surface area contributed by atoms with Gasteiger partial charge in [-0.1, -0.05) is 42.5 Å². The molecule has 190 valence electrons. The second-order valence-electron chi connectivity index (χ2n) is 8.69. The van der Waals surface area contributed by atoms with Crippen LogP contribution in [-0.4, -0.2) is 35.0 Å². The Morgan fingerprint density at radius 3 is 2.61 bits per heavy atom. The van der Waals surface area contributed by atoms with Crippen molar-refractivity contribution < 1.29 is 28.9 Å². The van der Waals surface area contributed by atoms with Gasteiger partial charge in [0.1, 0.15) is 31.3 Å². The molecule has 2 aliphatic heterocycles. The lowest BCUT2D eigenvalue weighted by Crippen LogP contribution is -2.29. The largest absolute Gasteiger partial charge is 0.507 e. The third kappa shape index (κ3) is 4.37. The molecule has 1 fully saturated rings. The summed E-state index contributed by atoms with van der Waals surface area (Å²) in [7, 11) is 0. The van der Waals surface area contributed by atoms with Crippen LogP contribution in [0.15, 0.2) is 89.9 Å². The first kappa shape index (κ1) is 23.7. The Morgan fingerprint density at radius 2 is 1.82 bits per heavy atom. The third-order valence-corrected chi connectivity index (χ3v) is 7.08. The number of Topliss-reactive ketones (excluding diaryl/α,β-unsaturated/α-hetero) is 1. The molecule has 0 saturated carbocycles. The Morgan fingerprint density at radius 1 is 1.00 bits per heavy atom. The number of carbonyl (C=O) groups is 2. The lowest BCUT2D eigenvalue weighted by molar-refractivity contribution is -0.132. The summed E-state index contributed by atoms with van der Waals surface area (Å²) in [4.78, 5) is 32.3. The molecule has 0 radical (unpaired) electrons. The molecule has 1 N–H and O–H groups in total. The van der Waals surface area contributed by atoms with E-state index in [4.69, 9.17) is 14.2 Å². The van der Waals surface area contributed by atoms with Gasteiger partial charge in [-0.2, -0.15) is 0 Å². The number of hydrogen-bond acceptors (Lipinski definition) is 8. The average molecular weight is 527 g/mol. The summed E-state index contributed by atoms with van der Waals surface area (Å²) in [5.41, 5.74) is 1.91. The lowest BCUT2D eigenvalue weighted by atomic mass is 9.95. The summed E-state index contributed by atoms with van der Waals surface area (Å²) < 4.78 is 17.2. The van der Waals surface area contributed by atoms with Crippen molar-refractivity contribution in [2.75, 3.05) is 18.1 Å². The van der Waals surface area contributed by atoms with Crippen LogP contribution in [0.4, 0.5) is 5.13 Å². The van der Waals surface area contributed by atoms with Crippen LogP contribution in [-0.2, 0) is 16.2 Å². The predicted molar refractivity (Wildman–Crippen MR) is 142 cm³/mol. The normalized spacial score (nSPS) is 18.0. The second kappa shape index (κ2) is 10.0. The molecule has 1 saturated heterocycles. The number of ketones is 1. The number of rotatable bonds is 6. The number of aliphatic hydroxyl groups is 1. The number of anilines is 1. The fraction of sp³-hybridized carbons (Fsp3) is 0.138. The van der Waals surface area contributed by atoms with Crippen LogP contribution in [0.2, 0.25) is 0 Å². The molecule has 9 heteroatoms. The molecule has 1 unspecified atom stereocenters. The van der Waals surface area contributed by atoms with Gasteiger partial charge in [-0.15, -0.1) is 11.3 Å². The van der Waals surface area contributed by atoms with Gasteiger partial charge in [0.05, 0.1) is 11.6 Å². The van der Waals surface area contributed by atoms with Crippen molar-refractivity contribution in [2.24, 2.45) is 0 Å². The summed E-state index contributed by atoms with van der Waals surface area (Å²) in [5, 5.41) is 13.5. The minimum Gasteiger partial charge on any atom is -0.507 e. The van der Waals surface area contributed by atoms with E-state index in [2.05, 4.69) is 4.98 Å². The molecule has 1 atom stereocenters. The minimum absolute atomic E-state index is 0.0397. The molecule has 8 nitrogen and oxygen atoms in total. The van der Waals surface area contributed by atoms with Gasteiger partial charge in [0, 0.05) is 17.1 Å². The lowest BCUT2D eigenvalue weighted by Gasteiger charge is -2.23. The maximum absolute atomic E-state index is 13.4. The van der Waals surface area contributed by atoms with E-state index < -0.39 is 17.7 Å². The summed E-state index contributed by atoms with van der Waals surface area (Å²) >= 11 is 1.23. The van der Waals surface area contributed by atoms with E-state index in [1.165, 1.54) is 16.2 Å². The number of ether oxygens (including phenoxy) is 3. The summed E-state index contributed by atoms with van der Waals surface area (Å²) in [5.74, 6) is -0.290. The first-order valence-electron chi connectivity index (χ1n) is 12.0. The summed E-state index contributed by atoms with van der Waals surface area (Å²) in [6.07, 6.45) is 1.57. The van der Waals surface area contributed by atoms with Gasteiger partial charge < -0.3 is 19.3 Å². The van der Waals surface area contributed by atoms with Gasteiger partial charge in [-0.25, -0.2) is 4.98 Å². The highest BCUT2D eigenvalue weighted by molar-refractivity contribution is 7.14. The molecule has 0 aliphatic carbocycles. The molecule has 0 spiro atoms. The Labute approximate surface area is 222 Å². The molecule has 3 heterocycles. The molecule has 38 heavy (non-hydrogen) atoms. The number of hydrogen-bond donors (Lipinski definition) is 1. The molecule has 0 bridgehead atoms.